The van der Waals surface area contributed by atoms with Crippen molar-refractivity contribution in [3.63, 3.8) is 0 Å². The molecule has 90 valence electrons. The molecule has 2 rings (SSSR count). The molecule has 0 atom stereocenters. The van der Waals surface area contributed by atoms with E-state index in [9.17, 15) is 0 Å². The molecule has 0 fully saturated rings. The minimum atomic E-state index is 0.411. The molecule has 1 aromatic carbocycles. The maximum absolute atomic E-state index is 5.35. The first kappa shape index (κ1) is 13.1. The number of nitrogens with zero attached hydrogens (tertiary/aromatic N) is 1. The maximum Gasteiger partial charge on any atom is 0.182 e. The molecular formula is C12H12Br2N2S. The molecule has 2 aromatic rings. The summed E-state index contributed by atoms with van der Waals surface area (Å²) in [5.41, 5.74) is 2.23. The molecule has 17 heavy (non-hydrogen) atoms. The molecule has 1 aromatic heterocycles. The van der Waals surface area contributed by atoms with E-state index < -0.39 is 0 Å². The lowest BCUT2D eigenvalue weighted by Gasteiger charge is -2.13. The average molecular weight is 376 g/mol. The molecule has 1 N–H and O–H groups in total. The molecule has 0 radical (unpaired) electrons. The number of nitrogens with one attached hydrogen (secondary N) is 1. The van der Waals surface area contributed by atoms with E-state index in [2.05, 4.69) is 61.3 Å². The summed E-state index contributed by atoms with van der Waals surface area (Å²) in [6.07, 6.45) is 1.97. The number of aromatic nitrogens is 2. The summed E-state index contributed by atoms with van der Waals surface area (Å²) in [4.78, 5) is 3.11. The van der Waals surface area contributed by atoms with Gasteiger partial charge in [0.05, 0.1) is 5.69 Å². The number of benzene rings is 1. The second kappa shape index (κ2) is 5.08. The Bertz CT molecular complexity index is 599. The average Bonchev–Trinajstić information content (AvgIpc) is 2.64. The van der Waals surface area contributed by atoms with E-state index in [1.54, 1.807) is 0 Å². The monoisotopic (exact) mass is 374 g/mol. The zero-order valence-corrected chi connectivity index (χ0v) is 13.5. The van der Waals surface area contributed by atoms with Gasteiger partial charge in [-0.2, -0.15) is 0 Å². The third-order valence-electron chi connectivity index (χ3n) is 2.55. The smallest absolute Gasteiger partial charge is 0.182 e. The van der Waals surface area contributed by atoms with Gasteiger partial charge in [0, 0.05) is 20.8 Å². The van der Waals surface area contributed by atoms with Gasteiger partial charge in [0.25, 0.3) is 0 Å². The fourth-order valence-corrected chi connectivity index (χ4v) is 2.75. The van der Waals surface area contributed by atoms with E-state index in [0.29, 0.717) is 10.7 Å². The van der Waals surface area contributed by atoms with Crippen LogP contribution < -0.4 is 0 Å². The van der Waals surface area contributed by atoms with E-state index in [0.717, 1.165) is 14.6 Å². The Morgan fingerprint density at radius 2 is 2.00 bits per heavy atom. The number of H-pyrrole nitrogens is 1. The fraction of sp³-hybridized carbons (Fsp3) is 0.250. The molecule has 0 aliphatic rings. The molecule has 0 saturated carbocycles. The van der Waals surface area contributed by atoms with E-state index in [1.807, 2.05) is 18.3 Å². The largest absolute Gasteiger partial charge is 0.337 e. The van der Waals surface area contributed by atoms with Gasteiger partial charge in [-0.05, 0) is 52.3 Å². The number of hydrogen-bond donors (Lipinski definition) is 1. The normalized spacial score (nSPS) is 11.1. The Labute approximate surface area is 122 Å². The summed E-state index contributed by atoms with van der Waals surface area (Å²) in [6.45, 7) is 4.31. The van der Waals surface area contributed by atoms with Crippen molar-refractivity contribution in [1.29, 1.82) is 0 Å². The highest BCUT2D eigenvalue weighted by Crippen LogP contribution is 2.28. The Hall–Kier alpha value is -0.390. The number of hydrogen-bond acceptors (Lipinski definition) is 1. The Kier molecular flexibility index (Phi) is 3.90. The lowest BCUT2D eigenvalue weighted by atomic mass is 10.1. The van der Waals surface area contributed by atoms with Crippen LogP contribution in [0.5, 0.6) is 0 Å². The van der Waals surface area contributed by atoms with Crippen LogP contribution >= 0.6 is 44.1 Å². The van der Waals surface area contributed by atoms with Gasteiger partial charge < -0.3 is 4.98 Å². The third-order valence-corrected chi connectivity index (χ3v) is 4.01. The summed E-state index contributed by atoms with van der Waals surface area (Å²) < 4.78 is 4.84. The van der Waals surface area contributed by atoms with Crippen molar-refractivity contribution in [2.75, 3.05) is 0 Å². The van der Waals surface area contributed by atoms with Crippen molar-refractivity contribution < 1.29 is 0 Å². The lowest BCUT2D eigenvalue weighted by molar-refractivity contribution is 0.782. The van der Waals surface area contributed by atoms with Gasteiger partial charge in [0.2, 0.25) is 0 Å². The highest BCUT2D eigenvalue weighted by molar-refractivity contribution is 9.11. The van der Waals surface area contributed by atoms with Gasteiger partial charge in [0.15, 0.2) is 4.77 Å². The Morgan fingerprint density at radius 3 is 2.65 bits per heavy atom. The predicted molar refractivity (Wildman–Crippen MR) is 80.4 cm³/mol. The van der Waals surface area contributed by atoms with Crippen LogP contribution in [0.15, 0.2) is 33.3 Å². The van der Waals surface area contributed by atoms with E-state index in [4.69, 9.17) is 12.2 Å². The van der Waals surface area contributed by atoms with Gasteiger partial charge in [-0.1, -0.05) is 29.8 Å². The lowest BCUT2D eigenvalue weighted by Crippen LogP contribution is -2.02. The number of rotatable bonds is 2. The van der Waals surface area contributed by atoms with Crippen LogP contribution in [-0.2, 0) is 0 Å². The first-order valence-electron chi connectivity index (χ1n) is 5.26. The zero-order valence-electron chi connectivity index (χ0n) is 9.50. The molecule has 2 nitrogen and oxygen atoms in total. The van der Waals surface area contributed by atoms with Crippen LogP contribution in [0.3, 0.4) is 0 Å². The standard InChI is InChI=1S/C12H12Br2N2S/c1-7(2)11-6-15-12(17)16(11)10-5-8(13)3-4-9(10)14/h3-7H,1-2H3,(H,15,17). The second-order valence-electron chi connectivity index (χ2n) is 4.10. The van der Waals surface area contributed by atoms with E-state index in [1.165, 1.54) is 5.69 Å². The van der Waals surface area contributed by atoms with Crippen LogP contribution in [0.2, 0.25) is 0 Å². The molecule has 0 bridgehead atoms. The molecular weight excluding hydrogens is 364 g/mol. The minimum absolute atomic E-state index is 0.411. The molecule has 0 aliphatic carbocycles. The third kappa shape index (κ3) is 2.56. The minimum Gasteiger partial charge on any atom is -0.337 e. The Morgan fingerprint density at radius 1 is 1.29 bits per heavy atom. The molecule has 0 amide bonds. The van der Waals surface area contributed by atoms with Crippen LogP contribution in [0.4, 0.5) is 0 Å². The first-order valence-corrected chi connectivity index (χ1v) is 7.26. The van der Waals surface area contributed by atoms with Gasteiger partial charge >= 0.3 is 0 Å². The number of aromatic amines is 1. The van der Waals surface area contributed by atoms with Crippen LogP contribution in [0.1, 0.15) is 25.5 Å². The van der Waals surface area contributed by atoms with Crippen molar-refractivity contribution in [1.82, 2.24) is 9.55 Å². The Balaban J connectivity index is 2.72. The molecule has 1 heterocycles. The summed E-state index contributed by atoms with van der Waals surface area (Å²) in [5.74, 6) is 0.411. The first-order chi connectivity index (χ1) is 8.00. The summed E-state index contributed by atoms with van der Waals surface area (Å²) in [6, 6.07) is 6.07. The van der Waals surface area contributed by atoms with Gasteiger partial charge in [0.1, 0.15) is 0 Å². The van der Waals surface area contributed by atoms with Crippen molar-refractivity contribution in [3.05, 3.63) is 43.8 Å². The van der Waals surface area contributed by atoms with Gasteiger partial charge in [-0.25, -0.2) is 0 Å². The number of imidazole rings is 1. The van der Waals surface area contributed by atoms with Gasteiger partial charge in [-0.3, -0.25) is 4.57 Å². The fourth-order valence-electron chi connectivity index (χ4n) is 1.71. The summed E-state index contributed by atoms with van der Waals surface area (Å²) >= 11 is 12.4. The topological polar surface area (TPSA) is 20.7 Å². The van der Waals surface area contributed by atoms with Crippen LogP contribution in [0, 0.1) is 4.77 Å². The molecule has 0 unspecified atom stereocenters. The van der Waals surface area contributed by atoms with E-state index >= 15 is 0 Å². The quantitative estimate of drug-likeness (QED) is 0.717. The van der Waals surface area contributed by atoms with Crippen LogP contribution in [0.25, 0.3) is 5.69 Å². The zero-order chi connectivity index (χ0) is 12.6. The number of halogens is 2. The van der Waals surface area contributed by atoms with Crippen molar-refractivity contribution in [2.45, 2.75) is 19.8 Å². The second-order valence-corrected chi connectivity index (χ2v) is 6.26. The SMILES string of the molecule is CC(C)c1c[nH]c(=S)n1-c1cc(Br)ccc1Br. The van der Waals surface area contributed by atoms with Crippen molar-refractivity contribution in [2.24, 2.45) is 0 Å². The van der Waals surface area contributed by atoms with Crippen molar-refractivity contribution in [3.8, 4) is 5.69 Å². The highest BCUT2D eigenvalue weighted by Gasteiger charge is 2.12. The summed E-state index contributed by atoms with van der Waals surface area (Å²) in [7, 11) is 0. The summed E-state index contributed by atoms with van der Waals surface area (Å²) in [5, 5.41) is 0. The van der Waals surface area contributed by atoms with Crippen molar-refractivity contribution >= 4 is 44.1 Å². The highest BCUT2D eigenvalue weighted by atomic mass is 79.9. The molecule has 0 saturated heterocycles. The molecule has 0 spiro atoms. The van der Waals surface area contributed by atoms with Gasteiger partial charge in [-0.15, -0.1) is 0 Å². The molecule has 0 aliphatic heterocycles. The van der Waals surface area contributed by atoms with Crippen LogP contribution in [-0.4, -0.2) is 9.55 Å². The van der Waals surface area contributed by atoms with E-state index in [-0.39, 0.29) is 0 Å². The molecule has 5 heteroatoms. The predicted octanol–water partition coefficient (Wildman–Crippen LogP) is 5.18. The maximum atomic E-state index is 5.35.